The number of nitrogens with zero attached hydrogens (tertiary/aromatic N) is 1. The molecule has 0 aliphatic carbocycles. The topological polar surface area (TPSA) is 93.1 Å². The van der Waals surface area contributed by atoms with Gasteiger partial charge in [-0.15, -0.1) is 0 Å². The maximum absolute atomic E-state index is 12.0. The van der Waals surface area contributed by atoms with Gasteiger partial charge < -0.3 is 14.6 Å². The summed E-state index contributed by atoms with van der Waals surface area (Å²) in [5.74, 6) is -2.52. The normalized spacial score (nSPS) is 12.9. The molecule has 1 aromatic carbocycles. The van der Waals surface area contributed by atoms with Crippen molar-refractivity contribution in [2.45, 2.75) is 26.0 Å². The lowest BCUT2D eigenvalue weighted by Crippen LogP contribution is -2.59. The quantitative estimate of drug-likeness (QED) is 0.634. The molecule has 22 heavy (non-hydrogen) atoms. The molecule has 7 heteroatoms. The summed E-state index contributed by atoms with van der Waals surface area (Å²) in [4.78, 5) is 36.0. The highest BCUT2D eigenvalue weighted by Crippen LogP contribution is 2.18. The van der Waals surface area contributed by atoms with Crippen LogP contribution in [0.5, 0.6) is 0 Å². The summed E-state index contributed by atoms with van der Waals surface area (Å²) in [6.07, 6.45) is -0.929. The Labute approximate surface area is 128 Å². The van der Waals surface area contributed by atoms with E-state index < -0.39 is 23.6 Å². The number of carbonyl (C=O) groups is 3. The second-order valence-corrected chi connectivity index (χ2v) is 4.70. The van der Waals surface area contributed by atoms with E-state index in [9.17, 15) is 19.5 Å². The van der Waals surface area contributed by atoms with Crippen molar-refractivity contribution < 1.29 is 29.0 Å². The monoisotopic (exact) mass is 309 g/mol. The van der Waals surface area contributed by atoms with E-state index in [1.165, 1.54) is 7.05 Å². The number of hydrogen-bond donors (Lipinski definition) is 1. The highest BCUT2D eigenvalue weighted by atomic mass is 16.6. The van der Waals surface area contributed by atoms with Crippen molar-refractivity contribution >= 4 is 18.0 Å². The Kier molecular flexibility index (Phi) is 5.91. The van der Waals surface area contributed by atoms with Gasteiger partial charge in [-0.2, -0.15) is 0 Å². The summed E-state index contributed by atoms with van der Waals surface area (Å²) < 4.78 is 9.76. The van der Waals surface area contributed by atoms with E-state index in [0.29, 0.717) is 0 Å². The zero-order valence-corrected chi connectivity index (χ0v) is 12.7. The van der Waals surface area contributed by atoms with Crippen LogP contribution in [0.15, 0.2) is 30.3 Å². The minimum atomic E-state index is -2.15. The van der Waals surface area contributed by atoms with Gasteiger partial charge in [0, 0.05) is 7.05 Å². The van der Waals surface area contributed by atoms with E-state index >= 15 is 0 Å². The molecule has 0 heterocycles. The van der Waals surface area contributed by atoms with Gasteiger partial charge in [0.2, 0.25) is 5.54 Å². The van der Waals surface area contributed by atoms with E-state index in [4.69, 9.17) is 9.47 Å². The molecule has 0 bridgehead atoms. The molecule has 0 aliphatic heterocycles. The molecule has 0 aromatic heterocycles. The number of carbonyl (C=O) groups excluding carboxylic acids is 2. The number of aliphatic carboxylic acids is 1. The van der Waals surface area contributed by atoms with Crippen molar-refractivity contribution in [2.24, 2.45) is 0 Å². The molecule has 120 valence electrons. The van der Waals surface area contributed by atoms with Crippen molar-refractivity contribution in [3.05, 3.63) is 35.9 Å². The molecule has 1 aromatic rings. The maximum Gasteiger partial charge on any atom is 0.411 e. The van der Waals surface area contributed by atoms with Crippen molar-refractivity contribution in [3.63, 3.8) is 0 Å². The standard InChI is InChI=1S/C15H19NO6/c1-4-21-13(19)15(2,12(17)18)16(3)14(20)22-10-11-8-6-5-7-9-11/h5-9H,4,10H2,1-3H3,(H,17,18)/t15-/m1/s1. The van der Waals surface area contributed by atoms with Gasteiger partial charge in [-0.1, -0.05) is 30.3 Å². The van der Waals surface area contributed by atoms with Crippen molar-refractivity contribution in [1.29, 1.82) is 0 Å². The number of rotatable bonds is 6. The Morgan fingerprint density at radius 3 is 2.27 bits per heavy atom. The Balaban J connectivity index is 2.81. The molecule has 0 saturated carbocycles. The van der Waals surface area contributed by atoms with Gasteiger partial charge in [0.15, 0.2) is 0 Å². The van der Waals surface area contributed by atoms with Gasteiger partial charge in [0.05, 0.1) is 6.61 Å². The molecule has 0 aliphatic rings. The van der Waals surface area contributed by atoms with Gasteiger partial charge >= 0.3 is 18.0 Å². The molecular weight excluding hydrogens is 290 g/mol. The van der Waals surface area contributed by atoms with Gasteiger partial charge in [-0.05, 0) is 19.4 Å². The fourth-order valence-electron chi connectivity index (χ4n) is 1.64. The molecule has 0 saturated heterocycles. The molecule has 1 rings (SSSR count). The lowest BCUT2D eigenvalue weighted by Gasteiger charge is -2.31. The first-order valence-corrected chi connectivity index (χ1v) is 6.69. The Hall–Kier alpha value is -2.57. The maximum atomic E-state index is 12.0. The predicted molar refractivity (Wildman–Crippen MR) is 77.1 cm³/mol. The highest BCUT2D eigenvalue weighted by Gasteiger charge is 2.49. The average Bonchev–Trinajstić information content (AvgIpc) is 2.52. The fourth-order valence-corrected chi connectivity index (χ4v) is 1.64. The predicted octanol–water partition coefficient (Wildman–Crippen LogP) is 1.66. The molecule has 0 fully saturated rings. The van der Waals surface area contributed by atoms with Gasteiger partial charge in [0.1, 0.15) is 6.61 Å². The first-order chi connectivity index (χ1) is 10.3. The molecule has 7 nitrogen and oxygen atoms in total. The van der Waals surface area contributed by atoms with E-state index in [1.54, 1.807) is 31.2 Å². The second-order valence-electron chi connectivity index (χ2n) is 4.70. The molecular formula is C15H19NO6. The smallest absolute Gasteiger partial charge is 0.411 e. The van der Waals surface area contributed by atoms with Crippen LogP contribution in [0.4, 0.5) is 4.79 Å². The number of ether oxygens (including phenoxy) is 2. The molecule has 0 unspecified atom stereocenters. The minimum absolute atomic E-state index is 0.00854. The zero-order chi connectivity index (χ0) is 16.8. The molecule has 1 N–H and O–H groups in total. The minimum Gasteiger partial charge on any atom is -0.479 e. The zero-order valence-electron chi connectivity index (χ0n) is 12.7. The summed E-state index contributed by atoms with van der Waals surface area (Å²) in [5.41, 5.74) is -1.40. The highest BCUT2D eigenvalue weighted by molar-refractivity contribution is 6.05. The van der Waals surface area contributed by atoms with Gasteiger partial charge in [-0.3, -0.25) is 4.90 Å². The van der Waals surface area contributed by atoms with Crippen LogP contribution in [0.25, 0.3) is 0 Å². The molecule has 0 spiro atoms. The molecule has 1 amide bonds. The van der Waals surface area contributed by atoms with Crippen LogP contribution in [0.2, 0.25) is 0 Å². The van der Waals surface area contributed by atoms with Crippen LogP contribution in [0.1, 0.15) is 19.4 Å². The number of esters is 1. The number of benzene rings is 1. The van der Waals surface area contributed by atoms with Gasteiger partial charge in [0.25, 0.3) is 0 Å². The van der Waals surface area contributed by atoms with Crippen molar-refractivity contribution in [2.75, 3.05) is 13.7 Å². The van der Waals surface area contributed by atoms with Crippen LogP contribution >= 0.6 is 0 Å². The third kappa shape index (κ3) is 3.75. The van der Waals surface area contributed by atoms with Crippen molar-refractivity contribution in [1.82, 2.24) is 4.90 Å². The summed E-state index contributed by atoms with van der Waals surface area (Å²) in [5, 5.41) is 9.28. The largest absolute Gasteiger partial charge is 0.479 e. The Bertz CT molecular complexity index is 544. The van der Waals surface area contributed by atoms with E-state index in [-0.39, 0.29) is 13.2 Å². The lowest BCUT2D eigenvalue weighted by molar-refractivity contribution is -0.168. The van der Waals surface area contributed by atoms with Crippen LogP contribution in [0, 0.1) is 0 Å². The third-order valence-corrected chi connectivity index (χ3v) is 3.24. The SMILES string of the molecule is CCOC(=O)[C@@](C)(C(=O)O)N(C)C(=O)OCc1ccccc1. The lowest BCUT2D eigenvalue weighted by atomic mass is 10.0. The first kappa shape index (κ1) is 17.5. The Morgan fingerprint density at radius 1 is 1.18 bits per heavy atom. The number of carboxylic acid groups (broad SMARTS) is 1. The number of carboxylic acids is 1. The first-order valence-electron chi connectivity index (χ1n) is 6.69. The Morgan fingerprint density at radius 2 is 1.77 bits per heavy atom. The van der Waals surface area contributed by atoms with Crippen molar-refractivity contribution in [3.8, 4) is 0 Å². The fraction of sp³-hybridized carbons (Fsp3) is 0.400. The second kappa shape index (κ2) is 7.44. The van der Waals surface area contributed by atoms with Crippen LogP contribution < -0.4 is 0 Å². The molecule has 0 radical (unpaired) electrons. The summed E-state index contributed by atoms with van der Waals surface area (Å²) >= 11 is 0. The van der Waals surface area contributed by atoms with Crippen LogP contribution in [0.3, 0.4) is 0 Å². The average molecular weight is 309 g/mol. The van der Waals surface area contributed by atoms with Crippen LogP contribution in [-0.4, -0.2) is 47.2 Å². The number of likely N-dealkylation sites (N-methyl/N-ethyl adjacent to an activating group) is 1. The van der Waals surface area contributed by atoms with Crippen LogP contribution in [-0.2, 0) is 25.7 Å². The molecule has 1 atom stereocenters. The third-order valence-electron chi connectivity index (χ3n) is 3.24. The van der Waals surface area contributed by atoms with E-state index in [0.717, 1.165) is 17.4 Å². The number of hydrogen-bond acceptors (Lipinski definition) is 5. The number of amides is 1. The summed E-state index contributed by atoms with van der Waals surface area (Å²) in [6.45, 7) is 2.63. The van der Waals surface area contributed by atoms with E-state index in [1.807, 2.05) is 6.07 Å². The summed E-state index contributed by atoms with van der Waals surface area (Å²) in [7, 11) is 1.18. The van der Waals surface area contributed by atoms with Gasteiger partial charge in [-0.25, -0.2) is 14.4 Å². The van der Waals surface area contributed by atoms with E-state index in [2.05, 4.69) is 0 Å². The summed E-state index contributed by atoms with van der Waals surface area (Å²) in [6, 6.07) is 8.91.